The Balaban J connectivity index is 3.06. The van der Waals surface area contributed by atoms with E-state index in [1.165, 1.54) is 12.3 Å². The van der Waals surface area contributed by atoms with Gasteiger partial charge in [-0.25, -0.2) is 4.39 Å². The van der Waals surface area contributed by atoms with Crippen molar-refractivity contribution in [3.05, 3.63) is 29.8 Å². The van der Waals surface area contributed by atoms with Gasteiger partial charge in [0.25, 0.3) is 0 Å². The summed E-state index contributed by atoms with van der Waals surface area (Å²) in [5.74, 6) is -0.327. The first-order chi connectivity index (χ1) is 7.57. The summed E-state index contributed by atoms with van der Waals surface area (Å²) in [5, 5.41) is 3.16. The molecule has 1 heterocycles. The van der Waals surface area contributed by atoms with Gasteiger partial charge in [-0.2, -0.15) is 0 Å². The van der Waals surface area contributed by atoms with Gasteiger partial charge in [0.1, 0.15) is 5.82 Å². The maximum atomic E-state index is 13.1. The third-order valence-electron chi connectivity index (χ3n) is 3.13. The molecule has 2 unspecified atom stereocenters. The Morgan fingerprint density at radius 1 is 1.56 bits per heavy atom. The maximum Gasteiger partial charge on any atom is 0.141 e. The van der Waals surface area contributed by atoms with Crippen LogP contribution in [0.15, 0.2) is 18.5 Å². The quantitative estimate of drug-likeness (QED) is 0.836. The van der Waals surface area contributed by atoms with Gasteiger partial charge in [0.05, 0.1) is 17.8 Å². The Morgan fingerprint density at radius 3 is 2.69 bits per heavy atom. The first-order valence-corrected chi connectivity index (χ1v) is 5.40. The molecule has 0 saturated carbocycles. The third kappa shape index (κ3) is 2.57. The van der Waals surface area contributed by atoms with Crippen molar-refractivity contribution < 1.29 is 9.13 Å². The Kier molecular flexibility index (Phi) is 4.38. The average Bonchev–Trinajstić information content (AvgIpc) is 2.30. The highest BCUT2D eigenvalue weighted by Crippen LogP contribution is 2.31. The molecule has 0 aliphatic rings. The van der Waals surface area contributed by atoms with Crippen molar-refractivity contribution in [2.45, 2.75) is 31.9 Å². The van der Waals surface area contributed by atoms with Gasteiger partial charge in [0.2, 0.25) is 0 Å². The maximum absolute atomic E-state index is 13.1. The summed E-state index contributed by atoms with van der Waals surface area (Å²) in [5.41, 5.74) is 0.429. The number of rotatable bonds is 5. The molecule has 90 valence electrons. The van der Waals surface area contributed by atoms with Crippen LogP contribution in [-0.2, 0) is 4.74 Å². The lowest BCUT2D eigenvalue weighted by Gasteiger charge is -2.35. The Hall–Kier alpha value is -1.00. The second-order valence-corrected chi connectivity index (χ2v) is 4.03. The summed E-state index contributed by atoms with van der Waals surface area (Å²) in [7, 11) is 3.50. The van der Waals surface area contributed by atoms with Gasteiger partial charge in [0, 0.05) is 13.3 Å². The van der Waals surface area contributed by atoms with E-state index in [0.717, 1.165) is 12.0 Å². The van der Waals surface area contributed by atoms with E-state index in [2.05, 4.69) is 10.3 Å². The summed E-state index contributed by atoms with van der Waals surface area (Å²) in [6, 6.07) is 1.41. The highest BCUT2D eigenvalue weighted by atomic mass is 19.1. The molecule has 0 aliphatic carbocycles. The van der Waals surface area contributed by atoms with Gasteiger partial charge in [-0.3, -0.25) is 4.98 Å². The fourth-order valence-corrected chi connectivity index (χ4v) is 1.88. The van der Waals surface area contributed by atoms with Crippen LogP contribution in [0.5, 0.6) is 0 Å². The standard InChI is InChI=1S/C12H19FN2O/c1-5-12(2,16-4)11(14-3)9-6-10(13)8-15-7-9/h6-8,11,14H,5H2,1-4H3. The van der Waals surface area contributed by atoms with Crippen molar-refractivity contribution in [3.8, 4) is 0 Å². The normalized spacial score (nSPS) is 16.8. The van der Waals surface area contributed by atoms with Crippen LogP contribution in [0, 0.1) is 5.82 Å². The molecule has 0 fully saturated rings. The van der Waals surface area contributed by atoms with Crippen molar-refractivity contribution >= 4 is 0 Å². The number of nitrogens with zero attached hydrogens (tertiary/aromatic N) is 1. The van der Waals surface area contributed by atoms with E-state index < -0.39 is 0 Å². The van der Waals surface area contributed by atoms with E-state index in [1.807, 2.05) is 20.9 Å². The summed E-state index contributed by atoms with van der Waals surface area (Å²) in [6.07, 6.45) is 3.69. The van der Waals surface area contributed by atoms with Crippen LogP contribution in [0.3, 0.4) is 0 Å². The topological polar surface area (TPSA) is 34.1 Å². The summed E-state index contributed by atoms with van der Waals surface area (Å²) < 4.78 is 18.7. The minimum Gasteiger partial charge on any atom is -0.377 e. The molecule has 0 aliphatic heterocycles. The Bertz CT molecular complexity index is 340. The van der Waals surface area contributed by atoms with Gasteiger partial charge in [-0.1, -0.05) is 6.92 Å². The molecule has 0 aromatic carbocycles. The number of aromatic nitrogens is 1. The molecule has 0 spiro atoms. The Morgan fingerprint density at radius 2 is 2.25 bits per heavy atom. The van der Waals surface area contributed by atoms with Crippen LogP contribution in [0.2, 0.25) is 0 Å². The fourth-order valence-electron chi connectivity index (χ4n) is 1.88. The molecule has 1 aromatic rings. The third-order valence-corrected chi connectivity index (χ3v) is 3.13. The van der Waals surface area contributed by atoms with E-state index in [1.54, 1.807) is 13.3 Å². The molecule has 3 nitrogen and oxygen atoms in total. The minimum atomic E-state index is -0.371. The zero-order valence-corrected chi connectivity index (χ0v) is 10.2. The second-order valence-electron chi connectivity index (χ2n) is 4.03. The van der Waals surface area contributed by atoms with E-state index >= 15 is 0 Å². The van der Waals surface area contributed by atoms with Crippen LogP contribution in [-0.4, -0.2) is 24.7 Å². The molecular weight excluding hydrogens is 207 g/mol. The van der Waals surface area contributed by atoms with Crippen LogP contribution in [0.1, 0.15) is 31.9 Å². The molecule has 2 atom stereocenters. The zero-order valence-electron chi connectivity index (χ0n) is 10.2. The smallest absolute Gasteiger partial charge is 0.141 e. The predicted molar refractivity (Wildman–Crippen MR) is 61.7 cm³/mol. The molecule has 0 radical (unpaired) electrons. The van der Waals surface area contributed by atoms with Gasteiger partial charge < -0.3 is 10.1 Å². The van der Waals surface area contributed by atoms with Gasteiger partial charge in [0.15, 0.2) is 0 Å². The first-order valence-electron chi connectivity index (χ1n) is 5.40. The van der Waals surface area contributed by atoms with Crippen molar-refractivity contribution in [2.24, 2.45) is 0 Å². The highest BCUT2D eigenvalue weighted by Gasteiger charge is 2.33. The number of pyridine rings is 1. The molecule has 0 saturated heterocycles. The lowest BCUT2D eigenvalue weighted by Crippen LogP contribution is -2.41. The Labute approximate surface area is 96.0 Å². The summed E-state index contributed by atoms with van der Waals surface area (Å²) >= 11 is 0. The lowest BCUT2D eigenvalue weighted by atomic mass is 9.88. The van der Waals surface area contributed by atoms with E-state index in [9.17, 15) is 4.39 Å². The highest BCUT2D eigenvalue weighted by molar-refractivity contribution is 5.18. The molecule has 1 rings (SSSR count). The SMILES string of the molecule is CCC(C)(OC)C(NC)c1cncc(F)c1. The van der Waals surface area contributed by atoms with Gasteiger partial charge >= 0.3 is 0 Å². The van der Waals surface area contributed by atoms with Crippen LogP contribution < -0.4 is 5.32 Å². The number of ether oxygens (including phenoxy) is 1. The van der Waals surface area contributed by atoms with E-state index in [-0.39, 0.29) is 17.5 Å². The zero-order chi connectivity index (χ0) is 12.2. The first kappa shape index (κ1) is 13.1. The predicted octanol–water partition coefficient (Wildman–Crippen LogP) is 2.30. The summed E-state index contributed by atoms with van der Waals surface area (Å²) in [6.45, 7) is 4.04. The number of hydrogen-bond donors (Lipinski definition) is 1. The summed E-state index contributed by atoms with van der Waals surface area (Å²) in [4.78, 5) is 3.86. The van der Waals surface area contributed by atoms with Crippen LogP contribution in [0.4, 0.5) is 4.39 Å². The number of hydrogen-bond acceptors (Lipinski definition) is 3. The van der Waals surface area contributed by atoms with Crippen molar-refractivity contribution in [1.82, 2.24) is 10.3 Å². The molecule has 4 heteroatoms. The van der Waals surface area contributed by atoms with Crippen molar-refractivity contribution in [2.75, 3.05) is 14.2 Å². The molecule has 1 aromatic heterocycles. The van der Waals surface area contributed by atoms with E-state index in [0.29, 0.717) is 0 Å². The second kappa shape index (κ2) is 5.37. The number of methoxy groups -OCH3 is 1. The van der Waals surface area contributed by atoms with Gasteiger partial charge in [-0.05, 0) is 32.0 Å². The minimum absolute atomic E-state index is 0.0781. The molecule has 1 N–H and O–H groups in total. The number of halogens is 1. The molecule has 0 amide bonds. The van der Waals surface area contributed by atoms with Crippen molar-refractivity contribution in [3.63, 3.8) is 0 Å². The molecule has 0 bridgehead atoms. The van der Waals surface area contributed by atoms with Crippen LogP contribution in [0.25, 0.3) is 0 Å². The largest absolute Gasteiger partial charge is 0.377 e. The average molecular weight is 226 g/mol. The number of likely N-dealkylation sites (N-methyl/N-ethyl adjacent to an activating group) is 1. The van der Waals surface area contributed by atoms with E-state index in [4.69, 9.17) is 4.74 Å². The number of nitrogens with one attached hydrogen (secondary N) is 1. The lowest BCUT2D eigenvalue weighted by molar-refractivity contribution is -0.0281. The van der Waals surface area contributed by atoms with Crippen molar-refractivity contribution in [1.29, 1.82) is 0 Å². The monoisotopic (exact) mass is 226 g/mol. The molecule has 16 heavy (non-hydrogen) atoms. The fraction of sp³-hybridized carbons (Fsp3) is 0.583. The van der Waals surface area contributed by atoms with Crippen LogP contribution >= 0.6 is 0 Å². The van der Waals surface area contributed by atoms with Gasteiger partial charge in [-0.15, -0.1) is 0 Å². The molecular formula is C12H19FN2O.